The minimum Gasteiger partial charge on any atom is -0.346 e. The van der Waals surface area contributed by atoms with E-state index in [9.17, 15) is 28.0 Å². The van der Waals surface area contributed by atoms with Gasteiger partial charge in [0.15, 0.2) is 1.41 Å². The number of halogens is 3. The number of hydrogen-bond acceptors (Lipinski definition) is 4. The Bertz CT molecular complexity index is 1380. The molecule has 166 valence electrons. The Morgan fingerprint density at radius 1 is 1.34 bits per heavy atom. The average Bonchev–Trinajstić information content (AvgIpc) is 3.08. The van der Waals surface area contributed by atoms with Crippen LogP contribution in [0.15, 0.2) is 42.4 Å². The lowest BCUT2D eigenvalue weighted by molar-refractivity contribution is -0.147. The minimum atomic E-state index is -4.38. The Morgan fingerprint density at radius 2 is 2.06 bits per heavy atom. The summed E-state index contributed by atoms with van der Waals surface area (Å²) in [5, 5.41) is 1.45. The predicted octanol–water partition coefficient (Wildman–Crippen LogP) is 2.51. The molecule has 1 saturated heterocycles. The number of rotatable bonds is 5. The van der Waals surface area contributed by atoms with Gasteiger partial charge in [0.25, 0.3) is 11.8 Å². The summed E-state index contributed by atoms with van der Waals surface area (Å²) >= 11 is 5.68. The van der Waals surface area contributed by atoms with Gasteiger partial charge in [0, 0.05) is 35.6 Å². The van der Waals surface area contributed by atoms with Crippen LogP contribution in [0.3, 0.4) is 0 Å². The Labute approximate surface area is 195 Å². The summed E-state index contributed by atoms with van der Waals surface area (Å²) in [6.45, 7) is -5.21. The van der Waals surface area contributed by atoms with E-state index < -0.39 is 82.7 Å². The second-order valence-electron chi connectivity index (χ2n) is 7.03. The van der Waals surface area contributed by atoms with Crippen LogP contribution < -0.4 is 10.6 Å². The van der Waals surface area contributed by atoms with Crippen LogP contribution in [0.2, 0.25) is 6.43 Å². The summed E-state index contributed by atoms with van der Waals surface area (Å²) in [5.41, 5.74) is -2.66. The quantitative estimate of drug-likeness (QED) is 0.660. The summed E-state index contributed by atoms with van der Waals surface area (Å²) < 4.78 is 79.4. The van der Waals surface area contributed by atoms with Crippen molar-refractivity contribution in [2.24, 2.45) is 0 Å². The third-order valence-corrected chi connectivity index (χ3v) is 5.19. The topological polar surface area (TPSA) is 95.6 Å². The molecule has 0 spiro atoms. The van der Waals surface area contributed by atoms with Gasteiger partial charge in [0.1, 0.15) is 6.04 Å². The standard InChI is InChI=1S/C22H18ClF2N3O4/c23-15-4-2-14(3-5-15)22(24,25)21(32)26-10-12-1-6-16-13(9-12)11-28(20(16)31)17-7-8-18(29)27-19(17)30/h1-6,9,17H,7-8,10-11H2,(H,26,32)(H,27,29,30)/i1D,9D,10D2,11D/hD. The molecule has 4 amide bonds. The lowest BCUT2D eigenvalue weighted by atomic mass is 10.0. The molecular weight excluding hydrogens is 444 g/mol. The molecular formula is C22H18ClF2N3O4. The first-order valence-electron chi connectivity index (χ1n) is 12.3. The van der Waals surface area contributed by atoms with E-state index in [4.69, 9.17) is 19.9 Å². The molecule has 2 N–H and O–H groups in total. The van der Waals surface area contributed by atoms with Crippen molar-refractivity contribution in [3.63, 3.8) is 0 Å². The van der Waals surface area contributed by atoms with E-state index in [0.29, 0.717) is 0 Å². The van der Waals surface area contributed by atoms with Crippen LogP contribution in [-0.2, 0) is 33.3 Å². The number of alkyl halides is 2. The van der Waals surface area contributed by atoms with E-state index in [1.54, 1.807) is 0 Å². The van der Waals surface area contributed by atoms with Crippen molar-refractivity contribution in [3.05, 3.63) is 69.7 Å². The Morgan fingerprint density at radius 3 is 2.75 bits per heavy atom. The highest BCUT2D eigenvalue weighted by molar-refractivity contribution is 6.30. The summed E-state index contributed by atoms with van der Waals surface area (Å²) in [7, 11) is 0. The van der Waals surface area contributed by atoms with Crippen LogP contribution in [0.5, 0.6) is 0 Å². The lowest BCUT2D eigenvalue weighted by Gasteiger charge is -2.29. The van der Waals surface area contributed by atoms with Crippen molar-refractivity contribution in [2.75, 3.05) is 0 Å². The van der Waals surface area contributed by atoms with Crippen LogP contribution in [0.4, 0.5) is 8.78 Å². The molecule has 0 aromatic heterocycles. The van der Waals surface area contributed by atoms with E-state index in [-0.39, 0.29) is 23.4 Å². The molecule has 2 heterocycles. The molecule has 1 fully saturated rings. The molecule has 2 unspecified atom stereocenters. The summed E-state index contributed by atoms with van der Waals surface area (Å²) in [4.78, 5) is 50.2. The van der Waals surface area contributed by atoms with Crippen molar-refractivity contribution >= 4 is 35.2 Å². The number of hydrogen-bond donors (Lipinski definition) is 2. The van der Waals surface area contributed by atoms with Crippen molar-refractivity contribution in [1.82, 2.24) is 15.5 Å². The second kappa shape index (κ2) is 8.31. The van der Waals surface area contributed by atoms with Crippen molar-refractivity contribution < 1.29 is 36.2 Å². The summed E-state index contributed by atoms with van der Waals surface area (Å²) in [6, 6.07) is 1.55. The molecule has 2 atom stereocenters. The van der Waals surface area contributed by atoms with Gasteiger partial charge >= 0.3 is 5.92 Å². The molecule has 0 radical (unpaired) electrons. The average molecular weight is 468 g/mol. The highest BCUT2D eigenvalue weighted by atomic mass is 35.5. The first-order chi connectivity index (χ1) is 17.6. The fraction of sp³-hybridized carbons (Fsp3) is 0.273. The first-order valence-corrected chi connectivity index (χ1v) is 9.69. The maximum Gasteiger partial charge on any atom is 0.349 e. The number of carbonyl (C=O) groups excluding carboxylic acids is 4. The maximum atomic E-state index is 14.9. The number of carbonyl (C=O) groups is 4. The van der Waals surface area contributed by atoms with Gasteiger partial charge in [-0.1, -0.05) is 35.8 Å². The molecule has 2 aliphatic rings. The molecule has 0 saturated carbocycles. The highest BCUT2D eigenvalue weighted by Crippen LogP contribution is 2.30. The van der Waals surface area contributed by atoms with Gasteiger partial charge < -0.3 is 10.2 Å². The zero-order chi connectivity index (χ0) is 28.3. The van der Waals surface area contributed by atoms with E-state index in [1.165, 1.54) is 0 Å². The van der Waals surface area contributed by atoms with Gasteiger partial charge in [0.2, 0.25) is 11.8 Å². The molecule has 2 aromatic carbocycles. The SMILES string of the molecule is [2H]c1cc2c(c([2H])c1C([2H])([2H])N([2H])C(=O)C(F)(F)c1ccc(Cl)cc1)C([2H])N(C1CCC(=O)NC1=O)C2=O. The number of piperidine rings is 1. The van der Waals surface area contributed by atoms with Crippen molar-refractivity contribution in [1.29, 1.82) is 0 Å². The molecule has 0 aliphatic carbocycles. The molecule has 10 heteroatoms. The van der Waals surface area contributed by atoms with Gasteiger partial charge in [-0.25, -0.2) is 0 Å². The van der Waals surface area contributed by atoms with Gasteiger partial charge in [-0.2, -0.15) is 8.78 Å². The smallest absolute Gasteiger partial charge is 0.346 e. The predicted molar refractivity (Wildman–Crippen MR) is 110 cm³/mol. The molecule has 32 heavy (non-hydrogen) atoms. The third kappa shape index (κ3) is 4.08. The Balaban J connectivity index is 1.72. The van der Waals surface area contributed by atoms with Gasteiger partial charge in [-0.3, -0.25) is 24.5 Å². The van der Waals surface area contributed by atoms with Crippen LogP contribution in [-0.4, -0.2) is 34.6 Å². The summed E-state index contributed by atoms with van der Waals surface area (Å²) in [6.07, 6.45) is -0.227. The van der Waals surface area contributed by atoms with Crippen LogP contribution >= 0.6 is 11.6 Å². The molecule has 4 rings (SSSR count). The zero-order valence-corrected chi connectivity index (χ0v) is 16.9. The van der Waals surface area contributed by atoms with Crippen molar-refractivity contribution in [3.8, 4) is 0 Å². The number of amides is 4. The van der Waals surface area contributed by atoms with Crippen LogP contribution in [0, 0.1) is 0 Å². The van der Waals surface area contributed by atoms with E-state index in [2.05, 4.69) is 0 Å². The normalized spacial score (nSPS) is 23.8. The van der Waals surface area contributed by atoms with Crippen LogP contribution in [0.1, 0.15) is 46.7 Å². The zero-order valence-electron chi connectivity index (χ0n) is 22.1. The van der Waals surface area contributed by atoms with Crippen LogP contribution in [0.25, 0.3) is 0 Å². The molecule has 7 nitrogen and oxygen atoms in total. The monoisotopic (exact) mass is 467 g/mol. The van der Waals surface area contributed by atoms with E-state index >= 15 is 0 Å². The first kappa shape index (κ1) is 15.5. The number of nitrogens with one attached hydrogen (secondary N) is 2. The molecule has 2 aliphatic heterocycles. The van der Waals surface area contributed by atoms with E-state index in [0.717, 1.165) is 35.2 Å². The Hall–Kier alpha value is -3.33. The van der Waals surface area contributed by atoms with Crippen molar-refractivity contribution in [2.45, 2.75) is 37.8 Å². The van der Waals surface area contributed by atoms with Gasteiger partial charge in [0.05, 0.1) is 6.85 Å². The van der Waals surface area contributed by atoms with Gasteiger partial charge in [-0.05, 0) is 35.7 Å². The third-order valence-electron chi connectivity index (χ3n) is 4.93. The molecule has 2 aromatic rings. The maximum absolute atomic E-state index is 14.9. The fourth-order valence-electron chi connectivity index (χ4n) is 3.27. The number of imide groups is 1. The number of benzene rings is 2. The highest BCUT2D eigenvalue weighted by Gasteiger charge is 2.41. The number of nitrogens with zero attached hydrogens (tertiary/aromatic N) is 1. The Kier molecular flexibility index (Phi) is 4.02. The van der Waals surface area contributed by atoms with Gasteiger partial charge in [-0.15, -0.1) is 0 Å². The number of fused-ring (bicyclic) bond motifs is 1. The summed E-state index contributed by atoms with van der Waals surface area (Å²) in [5.74, 6) is -9.01. The second-order valence-corrected chi connectivity index (χ2v) is 7.47. The fourth-order valence-corrected chi connectivity index (χ4v) is 3.40. The minimum absolute atomic E-state index is 0.0942. The van der Waals surface area contributed by atoms with E-state index in [1.807, 2.05) is 5.32 Å². The largest absolute Gasteiger partial charge is 0.349 e. The lowest BCUT2D eigenvalue weighted by Crippen LogP contribution is -2.52. The molecule has 0 bridgehead atoms.